The summed E-state index contributed by atoms with van der Waals surface area (Å²) in [6.07, 6.45) is 6.51. The molecule has 0 bridgehead atoms. The molecule has 112 valence electrons. The predicted octanol–water partition coefficient (Wildman–Crippen LogP) is 6.17. The molecular formula is C20H27N. The molecule has 2 rings (SSSR count). The van der Waals surface area contributed by atoms with Crippen LogP contribution in [0.25, 0.3) is 0 Å². The van der Waals surface area contributed by atoms with Crippen LogP contribution < -0.4 is 5.32 Å². The van der Waals surface area contributed by atoms with Crippen molar-refractivity contribution in [2.75, 3.05) is 5.32 Å². The van der Waals surface area contributed by atoms with Gasteiger partial charge in [-0.3, -0.25) is 0 Å². The SMILES string of the molecule is CCCCCCc1cc(C)c(Nc2ccccc2)c(C)c1. The molecule has 0 heterocycles. The van der Waals surface area contributed by atoms with Gasteiger partial charge in [0.1, 0.15) is 0 Å². The van der Waals surface area contributed by atoms with Crippen LogP contribution in [0.3, 0.4) is 0 Å². The van der Waals surface area contributed by atoms with Crippen molar-refractivity contribution < 1.29 is 0 Å². The maximum absolute atomic E-state index is 3.54. The predicted molar refractivity (Wildman–Crippen MR) is 93.5 cm³/mol. The Hall–Kier alpha value is -1.76. The molecule has 1 nitrogen and oxygen atoms in total. The first-order chi connectivity index (χ1) is 10.2. The summed E-state index contributed by atoms with van der Waals surface area (Å²) in [5, 5.41) is 3.54. The molecule has 1 heteroatoms. The first-order valence-electron chi connectivity index (χ1n) is 8.13. The lowest BCUT2D eigenvalue weighted by Gasteiger charge is -2.15. The molecule has 0 unspecified atom stereocenters. The van der Waals surface area contributed by atoms with Gasteiger partial charge in [0.2, 0.25) is 0 Å². The standard InChI is InChI=1S/C20H27N/c1-4-5-6-8-11-18-14-16(2)20(17(3)15-18)21-19-12-9-7-10-13-19/h7,9-10,12-15,21H,4-6,8,11H2,1-3H3. The van der Waals surface area contributed by atoms with Crippen LogP contribution in [0.15, 0.2) is 42.5 Å². The van der Waals surface area contributed by atoms with Gasteiger partial charge in [-0.05, 0) is 55.5 Å². The minimum Gasteiger partial charge on any atom is -0.355 e. The number of hydrogen-bond donors (Lipinski definition) is 1. The van der Waals surface area contributed by atoms with Gasteiger partial charge in [0.05, 0.1) is 0 Å². The van der Waals surface area contributed by atoms with Gasteiger partial charge in [-0.25, -0.2) is 0 Å². The summed E-state index contributed by atoms with van der Waals surface area (Å²) in [5.74, 6) is 0. The van der Waals surface area contributed by atoms with Gasteiger partial charge in [-0.1, -0.05) is 56.5 Å². The van der Waals surface area contributed by atoms with E-state index in [2.05, 4.69) is 62.5 Å². The number of anilines is 2. The van der Waals surface area contributed by atoms with Crippen LogP contribution in [-0.4, -0.2) is 0 Å². The smallest absolute Gasteiger partial charge is 0.0443 e. The van der Waals surface area contributed by atoms with Crippen molar-refractivity contribution in [3.8, 4) is 0 Å². The van der Waals surface area contributed by atoms with Crippen LogP contribution >= 0.6 is 0 Å². The quantitative estimate of drug-likeness (QED) is 0.598. The third-order valence-corrected chi connectivity index (χ3v) is 3.95. The number of hydrogen-bond acceptors (Lipinski definition) is 1. The van der Waals surface area contributed by atoms with E-state index >= 15 is 0 Å². The number of nitrogens with one attached hydrogen (secondary N) is 1. The Morgan fingerprint density at radius 2 is 1.52 bits per heavy atom. The number of unbranched alkanes of at least 4 members (excludes halogenated alkanes) is 3. The lowest BCUT2D eigenvalue weighted by Crippen LogP contribution is -1.98. The highest BCUT2D eigenvalue weighted by Gasteiger charge is 2.05. The molecule has 21 heavy (non-hydrogen) atoms. The molecule has 2 aromatic rings. The van der Waals surface area contributed by atoms with Crippen LogP contribution in [0, 0.1) is 13.8 Å². The van der Waals surface area contributed by atoms with Crippen LogP contribution in [-0.2, 0) is 6.42 Å². The second kappa shape index (κ2) is 7.87. The van der Waals surface area contributed by atoms with Gasteiger partial charge in [0.25, 0.3) is 0 Å². The zero-order chi connectivity index (χ0) is 15.1. The van der Waals surface area contributed by atoms with Gasteiger partial charge in [-0.2, -0.15) is 0 Å². The maximum Gasteiger partial charge on any atom is 0.0443 e. The molecule has 0 amide bonds. The molecule has 0 saturated carbocycles. The van der Waals surface area contributed by atoms with E-state index in [1.165, 1.54) is 54.5 Å². The van der Waals surface area contributed by atoms with Gasteiger partial charge in [0.15, 0.2) is 0 Å². The molecule has 2 aromatic carbocycles. The summed E-state index contributed by atoms with van der Waals surface area (Å²) in [5.41, 5.74) is 6.55. The zero-order valence-electron chi connectivity index (χ0n) is 13.6. The first kappa shape index (κ1) is 15.6. The highest BCUT2D eigenvalue weighted by molar-refractivity contribution is 5.67. The lowest BCUT2D eigenvalue weighted by molar-refractivity contribution is 0.666. The van der Waals surface area contributed by atoms with E-state index in [4.69, 9.17) is 0 Å². The molecule has 0 saturated heterocycles. The monoisotopic (exact) mass is 281 g/mol. The van der Waals surface area contributed by atoms with E-state index in [1.54, 1.807) is 0 Å². The molecule has 0 spiro atoms. The summed E-state index contributed by atoms with van der Waals surface area (Å²) < 4.78 is 0. The van der Waals surface area contributed by atoms with Crippen molar-refractivity contribution in [1.29, 1.82) is 0 Å². The topological polar surface area (TPSA) is 12.0 Å². The molecule has 0 aliphatic carbocycles. The van der Waals surface area contributed by atoms with Gasteiger partial charge in [0, 0.05) is 11.4 Å². The van der Waals surface area contributed by atoms with E-state index in [1.807, 2.05) is 6.07 Å². The van der Waals surface area contributed by atoms with Crippen molar-refractivity contribution in [1.82, 2.24) is 0 Å². The summed E-state index contributed by atoms with van der Waals surface area (Å²) in [4.78, 5) is 0. The number of rotatable bonds is 7. The molecule has 0 atom stereocenters. The van der Waals surface area contributed by atoms with Crippen LogP contribution in [0.1, 0.15) is 49.3 Å². The normalized spacial score (nSPS) is 10.6. The van der Waals surface area contributed by atoms with E-state index in [9.17, 15) is 0 Å². The highest BCUT2D eigenvalue weighted by atomic mass is 14.9. The Balaban J connectivity index is 2.06. The second-order valence-corrected chi connectivity index (χ2v) is 5.91. The van der Waals surface area contributed by atoms with E-state index in [0.29, 0.717) is 0 Å². The van der Waals surface area contributed by atoms with Crippen LogP contribution in [0.4, 0.5) is 11.4 Å². The molecular weight excluding hydrogens is 254 g/mol. The third kappa shape index (κ3) is 4.63. The van der Waals surface area contributed by atoms with Gasteiger partial charge >= 0.3 is 0 Å². The fourth-order valence-electron chi connectivity index (χ4n) is 2.82. The van der Waals surface area contributed by atoms with E-state index in [-0.39, 0.29) is 0 Å². The van der Waals surface area contributed by atoms with Crippen LogP contribution in [0.5, 0.6) is 0 Å². The summed E-state index contributed by atoms with van der Waals surface area (Å²) >= 11 is 0. The largest absolute Gasteiger partial charge is 0.355 e. The summed E-state index contributed by atoms with van der Waals surface area (Å²) in [6.45, 7) is 6.67. The zero-order valence-corrected chi connectivity index (χ0v) is 13.6. The van der Waals surface area contributed by atoms with Crippen molar-refractivity contribution in [3.63, 3.8) is 0 Å². The average molecular weight is 281 g/mol. The Labute approximate surface area is 129 Å². The number of para-hydroxylation sites is 1. The molecule has 1 N–H and O–H groups in total. The Bertz CT molecular complexity index is 534. The average Bonchev–Trinajstić information content (AvgIpc) is 2.48. The number of benzene rings is 2. The second-order valence-electron chi connectivity index (χ2n) is 5.91. The van der Waals surface area contributed by atoms with Gasteiger partial charge in [-0.15, -0.1) is 0 Å². The Morgan fingerprint density at radius 1 is 0.857 bits per heavy atom. The fourth-order valence-corrected chi connectivity index (χ4v) is 2.82. The molecule has 0 fully saturated rings. The Morgan fingerprint density at radius 3 is 2.14 bits per heavy atom. The molecule has 0 aliphatic heterocycles. The first-order valence-corrected chi connectivity index (χ1v) is 8.13. The highest BCUT2D eigenvalue weighted by Crippen LogP contribution is 2.26. The van der Waals surface area contributed by atoms with E-state index in [0.717, 1.165) is 5.69 Å². The Kier molecular flexibility index (Phi) is 5.86. The maximum atomic E-state index is 3.54. The number of aryl methyl sites for hydroxylation is 3. The molecule has 0 aliphatic rings. The lowest BCUT2D eigenvalue weighted by atomic mass is 9.99. The third-order valence-electron chi connectivity index (χ3n) is 3.95. The van der Waals surface area contributed by atoms with Crippen molar-refractivity contribution >= 4 is 11.4 Å². The van der Waals surface area contributed by atoms with Gasteiger partial charge < -0.3 is 5.32 Å². The fraction of sp³-hybridized carbons (Fsp3) is 0.400. The van der Waals surface area contributed by atoms with Crippen molar-refractivity contribution in [2.24, 2.45) is 0 Å². The van der Waals surface area contributed by atoms with Crippen LogP contribution in [0.2, 0.25) is 0 Å². The summed E-state index contributed by atoms with van der Waals surface area (Å²) in [7, 11) is 0. The van der Waals surface area contributed by atoms with Crippen molar-refractivity contribution in [2.45, 2.75) is 52.9 Å². The minimum absolute atomic E-state index is 1.15. The van der Waals surface area contributed by atoms with Crippen molar-refractivity contribution in [3.05, 3.63) is 59.2 Å². The molecule has 0 radical (unpaired) electrons. The summed E-state index contributed by atoms with van der Waals surface area (Å²) in [6, 6.07) is 15.1. The van der Waals surface area contributed by atoms with E-state index < -0.39 is 0 Å². The minimum atomic E-state index is 1.15. The molecule has 0 aromatic heterocycles.